The summed E-state index contributed by atoms with van der Waals surface area (Å²) in [5.74, 6) is 0. The van der Waals surface area contributed by atoms with Gasteiger partial charge in [0, 0.05) is 37.3 Å². The number of hydrogen-bond acceptors (Lipinski definition) is 3. The first-order valence-corrected chi connectivity index (χ1v) is 8.31. The lowest BCUT2D eigenvalue weighted by Crippen LogP contribution is -2.48. The van der Waals surface area contributed by atoms with Crippen LogP contribution < -0.4 is 5.32 Å². The maximum Gasteiger partial charge on any atom is 0.0112 e. The third-order valence-electron chi connectivity index (χ3n) is 4.95. The molecule has 0 aromatic heterocycles. The predicted octanol–water partition coefficient (Wildman–Crippen LogP) is 2.32. The van der Waals surface area contributed by atoms with E-state index in [1.54, 1.807) is 0 Å². The Balaban J connectivity index is 1.68. The number of nitrogens with one attached hydrogen (secondary N) is 1. The quantitative estimate of drug-likeness (QED) is 0.797. The number of nitrogens with zero attached hydrogens (tertiary/aromatic N) is 2. The molecule has 1 N–H and O–H groups in total. The molecule has 0 saturated carbocycles. The second kappa shape index (κ2) is 7.05. The van der Waals surface area contributed by atoms with Crippen molar-refractivity contribution in [1.29, 1.82) is 0 Å². The summed E-state index contributed by atoms with van der Waals surface area (Å²) in [6.07, 6.45) is 5.58. The number of fused-ring (bicyclic) bond motifs is 1. The average molecular weight is 267 g/mol. The van der Waals surface area contributed by atoms with E-state index in [1.165, 1.54) is 45.3 Å². The van der Waals surface area contributed by atoms with Crippen molar-refractivity contribution in [2.75, 3.05) is 26.2 Å². The molecule has 0 aliphatic carbocycles. The van der Waals surface area contributed by atoms with Gasteiger partial charge in [-0.05, 0) is 66.5 Å². The first kappa shape index (κ1) is 15.3. The summed E-state index contributed by atoms with van der Waals surface area (Å²) >= 11 is 0. The molecule has 2 saturated heterocycles. The number of rotatable bonds is 6. The highest BCUT2D eigenvalue weighted by Gasteiger charge is 2.31. The molecule has 0 bridgehead atoms. The summed E-state index contributed by atoms with van der Waals surface area (Å²) in [5, 5.41) is 3.81. The minimum absolute atomic E-state index is 0.651. The summed E-state index contributed by atoms with van der Waals surface area (Å²) < 4.78 is 0. The van der Waals surface area contributed by atoms with Gasteiger partial charge in [-0.2, -0.15) is 0 Å². The van der Waals surface area contributed by atoms with Gasteiger partial charge in [-0.1, -0.05) is 0 Å². The highest BCUT2D eigenvalue weighted by atomic mass is 15.2. The van der Waals surface area contributed by atoms with Crippen LogP contribution in [0.15, 0.2) is 0 Å². The molecule has 2 unspecified atom stereocenters. The smallest absolute Gasteiger partial charge is 0.0112 e. The van der Waals surface area contributed by atoms with Crippen LogP contribution in [0.1, 0.15) is 53.4 Å². The van der Waals surface area contributed by atoms with Crippen molar-refractivity contribution in [3.05, 3.63) is 0 Å². The van der Waals surface area contributed by atoms with E-state index in [0.29, 0.717) is 12.1 Å². The summed E-state index contributed by atoms with van der Waals surface area (Å²) in [5.41, 5.74) is 0. The standard InChI is InChI=1S/C16H33N3/c1-13(2)19(14(3)4)11-8-17-15-7-10-18-9-5-6-16(18)12-15/h13-17H,5-12H2,1-4H3. The number of hydrogen-bond donors (Lipinski definition) is 1. The molecule has 0 amide bonds. The Morgan fingerprint density at radius 2 is 1.84 bits per heavy atom. The Morgan fingerprint density at radius 3 is 2.53 bits per heavy atom. The monoisotopic (exact) mass is 267 g/mol. The molecule has 2 aliphatic heterocycles. The predicted molar refractivity (Wildman–Crippen MR) is 82.6 cm³/mol. The van der Waals surface area contributed by atoms with Crippen molar-refractivity contribution in [3.8, 4) is 0 Å². The minimum Gasteiger partial charge on any atom is -0.313 e. The van der Waals surface area contributed by atoms with Crippen LogP contribution in [0.25, 0.3) is 0 Å². The van der Waals surface area contributed by atoms with Crippen LogP contribution in [-0.2, 0) is 0 Å². The van der Waals surface area contributed by atoms with Crippen LogP contribution in [0, 0.1) is 0 Å². The molecular weight excluding hydrogens is 234 g/mol. The molecule has 0 aromatic carbocycles. The van der Waals surface area contributed by atoms with Crippen molar-refractivity contribution in [3.63, 3.8) is 0 Å². The van der Waals surface area contributed by atoms with Crippen molar-refractivity contribution >= 4 is 0 Å². The SMILES string of the molecule is CC(C)N(CCNC1CCN2CCCC2C1)C(C)C. The van der Waals surface area contributed by atoms with Crippen molar-refractivity contribution in [2.45, 2.75) is 77.5 Å². The van der Waals surface area contributed by atoms with Crippen LogP contribution in [0.5, 0.6) is 0 Å². The molecule has 112 valence electrons. The van der Waals surface area contributed by atoms with E-state index in [9.17, 15) is 0 Å². The Hall–Kier alpha value is -0.120. The largest absolute Gasteiger partial charge is 0.313 e. The van der Waals surface area contributed by atoms with Gasteiger partial charge >= 0.3 is 0 Å². The van der Waals surface area contributed by atoms with Crippen LogP contribution in [0.4, 0.5) is 0 Å². The molecule has 2 atom stereocenters. The van der Waals surface area contributed by atoms with Gasteiger partial charge in [0.05, 0.1) is 0 Å². The van der Waals surface area contributed by atoms with Crippen LogP contribution in [0.3, 0.4) is 0 Å². The fraction of sp³-hybridized carbons (Fsp3) is 1.00. The van der Waals surface area contributed by atoms with E-state index in [1.807, 2.05) is 0 Å². The normalized spacial score (nSPS) is 28.6. The first-order chi connectivity index (χ1) is 9.08. The van der Waals surface area contributed by atoms with E-state index < -0.39 is 0 Å². The molecule has 2 fully saturated rings. The molecule has 3 heteroatoms. The molecule has 2 rings (SSSR count). The third-order valence-corrected chi connectivity index (χ3v) is 4.95. The van der Waals surface area contributed by atoms with Gasteiger partial charge in [-0.25, -0.2) is 0 Å². The molecule has 2 aliphatic rings. The van der Waals surface area contributed by atoms with Gasteiger partial charge in [-0.15, -0.1) is 0 Å². The molecule has 2 heterocycles. The van der Waals surface area contributed by atoms with Gasteiger partial charge in [0.25, 0.3) is 0 Å². The van der Waals surface area contributed by atoms with Gasteiger partial charge < -0.3 is 10.2 Å². The van der Waals surface area contributed by atoms with E-state index in [2.05, 4.69) is 42.8 Å². The molecular formula is C16H33N3. The van der Waals surface area contributed by atoms with E-state index in [0.717, 1.165) is 18.6 Å². The van der Waals surface area contributed by atoms with Gasteiger partial charge in [0.2, 0.25) is 0 Å². The minimum atomic E-state index is 0.651. The van der Waals surface area contributed by atoms with Crippen LogP contribution >= 0.6 is 0 Å². The van der Waals surface area contributed by atoms with E-state index in [-0.39, 0.29) is 0 Å². The summed E-state index contributed by atoms with van der Waals surface area (Å²) in [6, 6.07) is 2.95. The number of piperidine rings is 1. The zero-order chi connectivity index (χ0) is 13.8. The average Bonchev–Trinajstić information content (AvgIpc) is 2.80. The summed E-state index contributed by atoms with van der Waals surface area (Å²) in [6.45, 7) is 14.2. The maximum atomic E-state index is 3.81. The van der Waals surface area contributed by atoms with Crippen LogP contribution in [0.2, 0.25) is 0 Å². The Kier molecular flexibility index (Phi) is 5.67. The van der Waals surface area contributed by atoms with Crippen LogP contribution in [-0.4, -0.2) is 60.1 Å². The molecule has 0 spiro atoms. The topological polar surface area (TPSA) is 18.5 Å². The lowest BCUT2D eigenvalue weighted by Gasteiger charge is -2.36. The van der Waals surface area contributed by atoms with Gasteiger partial charge in [0.15, 0.2) is 0 Å². The molecule has 0 aromatic rings. The van der Waals surface area contributed by atoms with Crippen molar-refractivity contribution < 1.29 is 0 Å². The summed E-state index contributed by atoms with van der Waals surface area (Å²) in [4.78, 5) is 5.28. The lowest BCUT2D eigenvalue weighted by atomic mass is 9.97. The molecule has 3 nitrogen and oxygen atoms in total. The zero-order valence-electron chi connectivity index (χ0n) is 13.4. The lowest BCUT2D eigenvalue weighted by molar-refractivity contribution is 0.150. The molecule has 0 radical (unpaired) electrons. The first-order valence-electron chi connectivity index (χ1n) is 8.31. The highest BCUT2D eigenvalue weighted by Crippen LogP contribution is 2.26. The zero-order valence-corrected chi connectivity index (χ0v) is 13.4. The fourth-order valence-electron chi connectivity index (χ4n) is 3.92. The maximum absolute atomic E-state index is 3.81. The Morgan fingerprint density at radius 1 is 1.11 bits per heavy atom. The van der Waals surface area contributed by atoms with Crippen molar-refractivity contribution in [1.82, 2.24) is 15.1 Å². The van der Waals surface area contributed by atoms with Gasteiger partial charge in [0.1, 0.15) is 0 Å². The van der Waals surface area contributed by atoms with E-state index >= 15 is 0 Å². The second-order valence-electron chi connectivity index (χ2n) is 6.93. The van der Waals surface area contributed by atoms with E-state index in [4.69, 9.17) is 0 Å². The van der Waals surface area contributed by atoms with Gasteiger partial charge in [-0.3, -0.25) is 4.90 Å². The highest BCUT2D eigenvalue weighted by molar-refractivity contribution is 4.89. The third kappa shape index (κ3) is 4.17. The fourth-order valence-corrected chi connectivity index (χ4v) is 3.92. The molecule has 19 heavy (non-hydrogen) atoms. The Labute approximate surface area is 119 Å². The Bertz CT molecular complexity index is 257. The van der Waals surface area contributed by atoms with Crippen molar-refractivity contribution in [2.24, 2.45) is 0 Å². The summed E-state index contributed by atoms with van der Waals surface area (Å²) in [7, 11) is 0. The second-order valence-corrected chi connectivity index (χ2v) is 6.93.